The van der Waals surface area contributed by atoms with E-state index in [9.17, 15) is 9.90 Å². The summed E-state index contributed by atoms with van der Waals surface area (Å²) in [6.45, 7) is 0. The molecule has 0 radical (unpaired) electrons. The van der Waals surface area contributed by atoms with Gasteiger partial charge in [0.05, 0.1) is 17.8 Å². The molecule has 1 aromatic heterocycles. The summed E-state index contributed by atoms with van der Waals surface area (Å²) >= 11 is 0. The normalized spacial score (nSPS) is 29.4. The van der Waals surface area contributed by atoms with E-state index in [0.717, 1.165) is 38.5 Å². The zero-order valence-electron chi connectivity index (χ0n) is 14.6. The highest BCUT2D eigenvalue weighted by Crippen LogP contribution is 2.26. The second-order valence-electron chi connectivity index (χ2n) is 6.98. The van der Waals surface area contributed by atoms with Crippen molar-refractivity contribution >= 4 is 17.7 Å². The molecule has 138 valence electrons. The number of rotatable bonds is 6. The van der Waals surface area contributed by atoms with Crippen LogP contribution in [0.3, 0.4) is 0 Å². The number of carbonyl (C=O) groups is 1. The van der Waals surface area contributed by atoms with Gasteiger partial charge in [-0.1, -0.05) is 0 Å². The van der Waals surface area contributed by atoms with Crippen molar-refractivity contribution in [2.24, 2.45) is 5.73 Å². The molecule has 0 saturated heterocycles. The van der Waals surface area contributed by atoms with Gasteiger partial charge in [0.25, 0.3) is 5.91 Å². The van der Waals surface area contributed by atoms with Crippen LogP contribution in [-0.2, 0) is 4.74 Å². The fourth-order valence-electron chi connectivity index (χ4n) is 3.65. The van der Waals surface area contributed by atoms with Crippen LogP contribution in [0.2, 0.25) is 0 Å². The number of hydrogen-bond acceptors (Lipinski definition) is 7. The molecule has 0 unspecified atom stereocenters. The molecular weight excluding hydrogens is 322 g/mol. The van der Waals surface area contributed by atoms with Gasteiger partial charge in [-0.25, -0.2) is 4.98 Å². The summed E-state index contributed by atoms with van der Waals surface area (Å²) in [5.74, 6) is 0.370. The zero-order valence-corrected chi connectivity index (χ0v) is 14.6. The molecule has 0 aromatic carbocycles. The molecule has 2 fully saturated rings. The van der Waals surface area contributed by atoms with E-state index in [1.165, 1.54) is 6.20 Å². The average molecular weight is 349 g/mol. The van der Waals surface area contributed by atoms with Crippen LogP contribution in [0.15, 0.2) is 6.20 Å². The SMILES string of the molecule is COC1CCC(Nc2ncc(C(N)=O)c(N[C@@H]3CC[C@H](O)C3)n2)CC1. The number of hydrogen-bond donors (Lipinski definition) is 4. The van der Waals surface area contributed by atoms with Gasteiger partial charge in [0.1, 0.15) is 5.82 Å². The monoisotopic (exact) mass is 349 g/mol. The molecule has 1 aromatic rings. The van der Waals surface area contributed by atoms with E-state index in [1.807, 2.05) is 0 Å². The predicted molar refractivity (Wildman–Crippen MR) is 94.5 cm³/mol. The van der Waals surface area contributed by atoms with Gasteiger partial charge in [-0.2, -0.15) is 4.98 Å². The Morgan fingerprint density at radius 3 is 2.52 bits per heavy atom. The summed E-state index contributed by atoms with van der Waals surface area (Å²) in [5.41, 5.74) is 5.71. The first-order valence-electron chi connectivity index (χ1n) is 8.96. The summed E-state index contributed by atoms with van der Waals surface area (Å²) < 4.78 is 5.39. The Morgan fingerprint density at radius 2 is 1.92 bits per heavy atom. The number of aliphatic hydroxyl groups is 1. The molecule has 2 atom stereocenters. The number of nitrogens with zero attached hydrogens (tertiary/aromatic N) is 2. The van der Waals surface area contributed by atoms with Crippen molar-refractivity contribution in [3.8, 4) is 0 Å². The first-order chi connectivity index (χ1) is 12.0. The average Bonchev–Trinajstić information content (AvgIpc) is 3.00. The maximum absolute atomic E-state index is 11.6. The van der Waals surface area contributed by atoms with Crippen LogP contribution in [0.1, 0.15) is 55.3 Å². The second-order valence-corrected chi connectivity index (χ2v) is 6.98. The van der Waals surface area contributed by atoms with Crippen molar-refractivity contribution in [1.29, 1.82) is 0 Å². The lowest BCUT2D eigenvalue weighted by Crippen LogP contribution is -2.30. The lowest BCUT2D eigenvalue weighted by molar-refractivity contribution is 0.0681. The van der Waals surface area contributed by atoms with Gasteiger partial charge in [0.15, 0.2) is 0 Å². The summed E-state index contributed by atoms with van der Waals surface area (Å²) in [6.07, 6.45) is 7.76. The van der Waals surface area contributed by atoms with Crippen LogP contribution in [0, 0.1) is 0 Å². The fraction of sp³-hybridized carbons (Fsp3) is 0.706. The molecule has 0 bridgehead atoms. The molecule has 8 heteroatoms. The highest BCUT2D eigenvalue weighted by atomic mass is 16.5. The summed E-state index contributed by atoms with van der Waals surface area (Å²) in [7, 11) is 1.75. The minimum Gasteiger partial charge on any atom is -0.393 e. The largest absolute Gasteiger partial charge is 0.393 e. The minimum absolute atomic E-state index is 0.0907. The Labute approximate surface area is 147 Å². The number of aliphatic hydroxyl groups excluding tert-OH is 1. The number of amides is 1. The Bertz CT molecular complexity index is 604. The lowest BCUT2D eigenvalue weighted by atomic mass is 9.93. The number of nitrogens with one attached hydrogen (secondary N) is 2. The number of nitrogens with two attached hydrogens (primary N) is 1. The van der Waals surface area contributed by atoms with E-state index in [0.29, 0.717) is 30.3 Å². The molecule has 3 rings (SSSR count). The van der Waals surface area contributed by atoms with Crippen molar-refractivity contribution < 1.29 is 14.6 Å². The number of anilines is 2. The van der Waals surface area contributed by atoms with Crippen molar-refractivity contribution in [3.05, 3.63) is 11.8 Å². The summed E-state index contributed by atoms with van der Waals surface area (Å²) in [6, 6.07) is 0.389. The molecule has 25 heavy (non-hydrogen) atoms. The van der Waals surface area contributed by atoms with E-state index in [-0.39, 0.29) is 17.7 Å². The van der Waals surface area contributed by atoms with Crippen molar-refractivity contribution in [2.75, 3.05) is 17.7 Å². The minimum atomic E-state index is -0.562. The smallest absolute Gasteiger partial charge is 0.254 e. The number of primary amides is 1. The van der Waals surface area contributed by atoms with Crippen molar-refractivity contribution in [1.82, 2.24) is 9.97 Å². The van der Waals surface area contributed by atoms with Crippen molar-refractivity contribution in [2.45, 2.75) is 69.2 Å². The predicted octanol–water partition coefficient (Wildman–Crippen LogP) is 1.27. The van der Waals surface area contributed by atoms with E-state index < -0.39 is 5.91 Å². The van der Waals surface area contributed by atoms with Crippen LogP contribution < -0.4 is 16.4 Å². The van der Waals surface area contributed by atoms with Gasteiger partial charge < -0.3 is 26.2 Å². The fourth-order valence-corrected chi connectivity index (χ4v) is 3.65. The molecule has 0 aliphatic heterocycles. The van der Waals surface area contributed by atoms with Gasteiger partial charge in [-0.3, -0.25) is 4.79 Å². The van der Waals surface area contributed by atoms with Crippen LogP contribution in [-0.4, -0.2) is 52.4 Å². The Balaban J connectivity index is 1.68. The quantitative estimate of drug-likeness (QED) is 0.610. The van der Waals surface area contributed by atoms with Gasteiger partial charge >= 0.3 is 0 Å². The van der Waals surface area contributed by atoms with E-state index >= 15 is 0 Å². The number of aromatic nitrogens is 2. The second kappa shape index (κ2) is 7.97. The van der Waals surface area contributed by atoms with Gasteiger partial charge in [0, 0.05) is 25.4 Å². The molecule has 2 aliphatic carbocycles. The molecule has 2 aliphatic rings. The molecule has 1 amide bonds. The third-order valence-electron chi connectivity index (χ3n) is 5.14. The third kappa shape index (κ3) is 4.58. The topological polar surface area (TPSA) is 122 Å². The Hall–Kier alpha value is -1.93. The molecule has 1 heterocycles. The van der Waals surface area contributed by atoms with Gasteiger partial charge in [-0.15, -0.1) is 0 Å². The highest BCUT2D eigenvalue weighted by molar-refractivity contribution is 5.97. The van der Waals surface area contributed by atoms with Crippen LogP contribution in [0.5, 0.6) is 0 Å². The number of ether oxygens (including phenoxy) is 1. The maximum Gasteiger partial charge on any atom is 0.254 e. The Morgan fingerprint density at radius 1 is 1.20 bits per heavy atom. The van der Waals surface area contributed by atoms with Crippen molar-refractivity contribution in [3.63, 3.8) is 0 Å². The van der Waals surface area contributed by atoms with E-state index in [4.69, 9.17) is 10.5 Å². The molecule has 5 N–H and O–H groups in total. The van der Waals surface area contributed by atoms with Crippen LogP contribution in [0.25, 0.3) is 0 Å². The maximum atomic E-state index is 11.6. The molecule has 0 spiro atoms. The lowest BCUT2D eigenvalue weighted by Gasteiger charge is -2.28. The van der Waals surface area contributed by atoms with Gasteiger partial charge in [0.2, 0.25) is 5.95 Å². The van der Waals surface area contributed by atoms with Crippen LogP contribution >= 0.6 is 0 Å². The Kier molecular flexibility index (Phi) is 5.70. The first kappa shape index (κ1) is 17.9. The molecule has 2 saturated carbocycles. The molecule has 8 nitrogen and oxygen atoms in total. The molecular formula is C17H27N5O3. The van der Waals surface area contributed by atoms with E-state index in [1.54, 1.807) is 7.11 Å². The zero-order chi connectivity index (χ0) is 17.8. The highest BCUT2D eigenvalue weighted by Gasteiger charge is 2.25. The van der Waals surface area contributed by atoms with Gasteiger partial charge in [-0.05, 0) is 44.9 Å². The van der Waals surface area contributed by atoms with E-state index in [2.05, 4.69) is 20.6 Å². The first-order valence-corrected chi connectivity index (χ1v) is 8.96. The standard InChI is InChI=1S/C17H27N5O3/c1-25-13-6-3-10(4-7-13)21-17-19-9-14(15(18)24)16(22-17)20-11-2-5-12(23)8-11/h9-13,23H,2-8H2,1H3,(H2,18,24)(H2,19,20,21,22)/t10?,11-,12+,13?/m1/s1. The third-order valence-corrected chi connectivity index (χ3v) is 5.14. The summed E-state index contributed by atoms with van der Waals surface area (Å²) in [5, 5.41) is 16.3. The number of carbonyl (C=O) groups excluding carboxylic acids is 1. The number of methoxy groups -OCH3 is 1. The summed E-state index contributed by atoms with van der Waals surface area (Å²) in [4.78, 5) is 20.4. The van der Waals surface area contributed by atoms with Crippen LogP contribution in [0.4, 0.5) is 11.8 Å².